The molecule has 0 unspecified atom stereocenters. The summed E-state index contributed by atoms with van der Waals surface area (Å²) in [5.74, 6) is 0.0500. The summed E-state index contributed by atoms with van der Waals surface area (Å²) in [6, 6.07) is 9.08. The maximum absolute atomic E-state index is 13.2. The van der Waals surface area contributed by atoms with Crippen LogP contribution in [-0.2, 0) is 11.8 Å². The molecule has 5 nitrogen and oxygen atoms in total. The Bertz CT molecular complexity index is 977. The molecule has 2 saturated carbocycles. The van der Waals surface area contributed by atoms with Crippen LogP contribution in [0.4, 0.5) is 19.0 Å². The standard InChI is InChI=1S/C21H21F3N4O/c1-28-19(26-16(29)11-20(9-10-20)21(22,23)24)17(14-3-2-4-14)18(27-28)15-7-5-13(12-25)6-8-15/h5-8,14H,2-4,9-11H2,1H3,(H,26,29). The first-order valence-corrected chi connectivity index (χ1v) is 9.68. The first-order chi connectivity index (χ1) is 13.7. The van der Waals surface area contributed by atoms with Gasteiger partial charge in [0.05, 0.1) is 22.7 Å². The zero-order chi connectivity index (χ0) is 20.8. The number of nitrogens with one attached hydrogen (secondary N) is 1. The van der Waals surface area contributed by atoms with Gasteiger partial charge >= 0.3 is 6.18 Å². The van der Waals surface area contributed by atoms with Crippen LogP contribution in [0, 0.1) is 16.7 Å². The van der Waals surface area contributed by atoms with Crippen molar-refractivity contribution in [3.05, 3.63) is 35.4 Å². The molecule has 0 aliphatic heterocycles. The highest BCUT2D eigenvalue weighted by Gasteiger charge is 2.63. The molecule has 2 fully saturated rings. The highest BCUT2D eigenvalue weighted by molar-refractivity contribution is 5.92. The van der Waals surface area contributed by atoms with E-state index in [4.69, 9.17) is 5.26 Å². The Kier molecular flexibility index (Phi) is 4.64. The number of carbonyl (C=O) groups excluding carboxylic acids is 1. The van der Waals surface area contributed by atoms with Crippen molar-refractivity contribution in [2.45, 2.75) is 50.6 Å². The summed E-state index contributed by atoms with van der Waals surface area (Å²) in [5.41, 5.74) is 1.05. The lowest BCUT2D eigenvalue weighted by atomic mass is 9.79. The van der Waals surface area contributed by atoms with Crippen LogP contribution in [-0.4, -0.2) is 21.9 Å². The number of rotatable bonds is 5. The summed E-state index contributed by atoms with van der Waals surface area (Å²) >= 11 is 0. The second-order valence-corrected chi connectivity index (χ2v) is 8.05. The SMILES string of the molecule is Cn1nc(-c2ccc(C#N)cc2)c(C2CCC2)c1NC(=O)CC1(C(F)(F)F)CC1. The number of amides is 1. The lowest BCUT2D eigenvalue weighted by Gasteiger charge is -2.27. The van der Waals surface area contributed by atoms with Gasteiger partial charge in [0.1, 0.15) is 5.82 Å². The molecular weight excluding hydrogens is 381 g/mol. The summed E-state index contributed by atoms with van der Waals surface area (Å²) in [4.78, 5) is 12.5. The van der Waals surface area contributed by atoms with Gasteiger partial charge in [-0.15, -0.1) is 0 Å². The topological polar surface area (TPSA) is 70.7 Å². The fraction of sp³-hybridized carbons (Fsp3) is 0.476. The molecule has 4 rings (SSSR count). The molecule has 0 spiro atoms. The van der Waals surface area contributed by atoms with Gasteiger partial charge in [-0.25, -0.2) is 0 Å². The van der Waals surface area contributed by atoms with Crippen molar-refractivity contribution in [1.82, 2.24) is 9.78 Å². The summed E-state index contributed by atoms with van der Waals surface area (Å²) in [5, 5.41) is 16.3. The molecule has 29 heavy (non-hydrogen) atoms. The third kappa shape index (κ3) is 3.50. The number of hydrogen-bond donors (Lipinski definition) is 1. The monoisotopic (exact) mass is 402 g/mol. The number of halogens is 3. The molecule has 0 bridgehead atoms. The van der Waals surface area contributed by atoms with Gasteiger partial charge in [0.25, 0.3) is 0 Å². The predicted molar refractivity (Wildman–Crippen MR) is 101 cm³/mol. The second-order valence-electron chi connectivity index (χ2n) is 8.05. The van der Waals surface area contributed by atoms with Gasteiger partial charge in [-0.3, -0.25) is 9.48 Å². The van der Waals surface area contributed by atoms with E-state index in [-0.39, 0.29) is 18.8 Å². The fourth-order valence-corrected chi connectivity index (χ4v) is 3.88. The van der Waals surface area contributed by atoms with Gasteiger partial charge < -0.3 is 5.32 Å². The van der Waals surface area contributed by atoms with E-state index in [1.54, 1.807) is 31.3 Å². The Balaban J connectivity index is 1.64. The van der Waals surface area contributed by atoms with Gasteiger partial charge in [-0.05, 0) is 43.7 Å². The van der Waals surface area contributed by atoms with Crippen molar-refractivity contribution in [3.63, 3.8) is 0 Å². The average molecular weight is 402 g/mol. The van der Waals surface area contributed by atoms with Crippen molar-refractivity contribution in [3.8, 4) is 17.3 Å². The Morgan fingerprint density at radius 3 is 2.45 bits per heavy atom. The van der Waals surface area contributed by atoms with Crippen LogP contribution >= 0.6 is 0 Å². The largest absolute Gasteiger partial charge is 0.395 e. The molecule has 8 heteroatoms. The highest BCUT2D eigenvalue weighted by Crippen LogP contribution is 2.60. The van der Waals surface area contributed by atoms with Crippen LogP contribution in [0.2, 0.25) is 0 Å². The lowest BCUT2D eigenvalue weighted by molar-refractivity contribution is -0.189. The molecule has 2 aliphatic carbocycles. The quantitative estimate of drug-likeness (QED) is 0.774. The van der Waals surface area contributed by atoms with Crippen LogP contribution in [0.5, 0.6) is 0 Å². The van der Waals surface area contributed by atoms with Crippen molar-refractivity contribution in [2.24, 2.45) is 12.5 Å². The lowest BCUT2D eigenvalue weighted by Crippen LogP contribution is -2.30. The van der Waals surface area contributed by atoms with Crippen LogP contribution < -0.4 is 5.32 Å². The molecule has 0 atom stereocenters. The first kappa shape index (κ1) is 19.5. The summed E-state index contributed by atoms with van der Waals surface area (Å²) in [6.07, 6.45) is -1.95. The zero-order valence-electron chi connectivity index (χ0n) is 16.0. The van der Waals surface area contributed by atoms with Crippen LogP contribution in [0.1, 0.15) is 55.6 Å². The number of aromatic nitrogens is 2. The molecule has 0 saturated heterocycles. The van der Waals surface area contributed by atoms with Gasteiger partial charge in [0.15, 0.2) is 0 Å². The highest BCUT2D eigenvalue weighted by atomic mass is 19.4. The predicted octanol–water partition coefficient (Wildman–Crippen LogP) is 4.90. The molecule has 1 N–H and O–H groups in total. The number of hydrogen-bond acceptors (Lipinski definition) is 3. The molecule has 1 aromatic carbocycles. The second kappa shape index (κ2) is 6.90. The number of alkyl halides is 3. The number of nitriles is 1. The van der Waals surface area contributed by atoms with Gasteiger partial charge in [0.2, 0.25) is 5.91 Å². The molecular formula is C21H21F3N4O. The fourth-order valence-electron chi connectivity index (χ4n) is 3.88. The molecule has 2 aliphatic rings. The Morgan fingerprint density at radius 1 is 1.31 bits per heavy atom. The maximum atomic E-state index is 13.2. The number of anilines is 1. The van der Waals surface area contributed by atoms with E-state index in [1.165, 1.54) is 4.68 Å². The Morgan fingerprint density at radius 2 is 1.97 bits per heavy atom. The van der Waals surface area contributed by atoms with E-state index in [1.807, 2.05) is 0 Å². The van der Waals surface area contributed by atoms with E-state index < -0.39 is 23.9 Å². The van der Waals surface area contributed by atoms with E-state index in [0.717, 1.165) is 30.4 Å². The molecule has 2 aromatic rings. The minimum Gasteiger partial charge on any atom is -0.311 e. The minimum absolute atomic E-state index is 0.00127. The van der Waals surface area contributed by atoms with Crippen molar-refractivity contribution in [1.29, 1.82) is 5.26 Å². The number of carbonyl (C=O) groups is 1. The Hall–Kier alpha value is -2.82. The summed E-state index contributed by atoms with van der Waals surface area (Å²) < 4.78 is 41.2. The molecule has 0 radical (unpaired) electrons. The van der Waals surface area contributed by atoms with Gasteiger partial charge in [0, 0.05) is 24.6 Å². The van der Waals surface area contributed by atoms with E-state index in [9.17, 15) is 18.0 Å². The van der Waals surface area contributed by atoms with Crippen molar-refractivity contribution < 1.29 is 18.0 Å². The summed E-state index contributed by atoms with van der Waals surface area (Å²) in [6.45, 7) is 0. The van der Waals surface area contributed by atoms with E-state index in [2.05, 4.69) is 16.5 Å². The number of nitrogens with zero attached hydrogens (tertiary/aromatic N) is 3. The number of benzene rings is 1. The summed E-state index contributed by atoms with van der Waals surface area (Å²) in [7, 11) is 1.68. The van der Waals surface area contributed by atoms with Crippen molar-refractivity contribution in [2.75, 3.05) is 5.32 Å². The van der Waals surface area contributed by atoms with E-state index >= 15 is 0 Å². The molecule has 152 valence electrons. The van der Waals surface area contributed by atoms with E-state index in [0.29, 0.717) is 17.1 Å². The van der Waals surface area contributed by atoms with Crippen LogP contribution in [0.3, 0.4) is 0 Å². The third-order valence-electron chi connectivity index (χ3n) is 6.10. The van der Waals surface area contributed by atoms with Gasteiger partial charge in [-0.1, -0.05) is 18.6 Å². The first-order valence-electron chi connectivity index (χ1n) is 9.68. The average Bonchev–Trinajstić information content (AvgIpc) is 3.35. The maximum Gasteiger partial charge on any atom is 0.395 e. The Labute approximate surface area is 166 Å². The number of aryl methyl sites for hydroxylation is 1. The molecule has 1 heterocycles. The minimum atomic E-state index is -4.36. The smallest absolute Gasteiger partial charge is 0.311 e. The molecule has 1 amide bonds. The van der Waals surface area contributed by atoms with Gasteiger partial charge in [-0.2, -0.15) is 23.5 Å². The third-order valence-corrected chi connectivity index (χ3v) is 6.10. The molecule has 1 aromatic heterocycles. The van der Waals surface area contributed by atoms with Crippen molar-refractivity contribution >= 4 is 11.7 Å². The van der Waals surface area contributed by atoms with Crippen LogP contribution in [0.25, 0.3) is 11.3 Å². The normalized spacial score (nSPS) is 18.0. The zero-order valence-corrected chi connectivity index (χ0v) is 16.0. The van der Waals surface area contributed by atoms with Crippen LogP contribution in [0.15, 0.2) is 24.3 Å².